The molecule has 1 aromatic carbocycles. The fourth-order valence-electron chi connectivity index (χ4n) is 3.69. The lowest BCUT2D eigenvalue weighted by molar-refractivity contribution is 0.0613. The first-order valence-electron chi connectivity index (χ1n) is 9.35. The van der Waals surface area contributed by atoms with Gasteiger partial charge in [-0.15, -0.1) is 0 Å². The minimum atomic E-state index is -0.540. The largest absolute Gasteiger partial charge is 0.497 e. The third-order valence-corrected chi connectivity index (χ3v) is 5.18. The second-order valence-corrected chi connectivity index (χ2v) is 6.98. The van der Waals surface area contributed by atoms with Crippen LogP contribution < -0.4 is 9.47 Å². The maximum Gasteiger partial charge on any atom is 0.137 e. The van der Waals surface area contributed by atoms with Crippen molar-refractivity contribution >= 4 is 10.9 Å². The van der Waals surface area contributed by atoms with Crippen LogP contribution in [0.25, 0.3) is 10.9 Å². The lowest BCUT2D eigenvalue weighted by Crippen LogP contribution is -2.40. The fourth-order valence-corrected chi connectivity index (χ4v) is 3.69. The Labute approximate surface area is 158 Å². The number of aromatic nitrogens is 2. The molecule has 0 bridgehead atoms. The number of hydrogen-bond acceptors (Lipinski definition) is 5. The SMILES string of the molecule is COc1ccc2[nH]cc([C@@H](O)CN3CCC(Oc4cccnc4)CC3)c2c1. The Morgan fingerprint density at radius 3 is 2.85 bits per heavy atom. The van der Waals surface area contributed by atoms with Crippen LogP contribution in [0.3, 0.4) is 0 Å². The molecule has 0 amide bonds. The van der Waals surface area contributed by atoms with Gasteiger partial charge in [-0.2, -0.15) is 0 Å². The third-order valence-electron chi connectivity index (χ3n) is 5.18. The molecule has 1 aliphatic heterocycles. The fraction of sp³-hybridized carbons (Fsp3) is 0.381. The molecule has 6 nitrogen and oxygen atoms in total. The van der Waals surface area contributed by atoms with E-state index in [9.17, 15) is 5.11 Å². The van der Waals surface area contributed by atoms with Crippen molar-refractivity contribution in [3.8, 4) is 11.5 Å². The standard InChI is InChI=1S/C21H25N3O3/c1-26-16-4-5-20-18(11-16)19(13-23-20)21(25)14-24-9-6-15(7-10-24)27-17-3-2-8-22-12-17/h2-5,8,11-13,15,21,23,25H,6-7,9-10,14H2,1H3/t21-/m0/s1. The zero-order valence-electron chi connectivity index (χ0n) is 15.5. The molecule has 6 heteroatoms. The Kier molecular flexibility index (Phi) is 5.27. The summed E-state index contributed by atoms with van der Waals surface area (Å²) in [6.07, 6.45) is 6.96. The third kappa shape index (κ3) is 4.07. The van der Waals surface area contributed by atoms with E-state index in [1.54, 1.807) is 19.5 Å². The monoisotopic (exact) mass is 367 g/mol. The van der Waals surface area contributed by atoms with E-state index >= 15 is 0 Å². The topological polar surface area (TPSA) is 70.6 Å². The summed E-state index contributed by atoms with van der Waals surface area (Å²) < 4.78 is 11.3. The summed E-state index contributed by atoms with van der Waals surface area (Å²) in [4.78, 5) is 9.62. The Morgan fingerprint density at radius 1 is 1.26 bits per heavy atom. The van der Waals surface area contributed by atoms with Gasteiger partial charge < -0.3 is 24.5 Å². The average Bonchev–Trinajstić information content (AvgIpc) is 3.13. The summed E-state index contributed by atoms with van der Waals surface area (Å²) in [6.45, 7) is 2.44. The molecule has 2 N–H and O–H groups in total. The number of nitrogens with one attached hydrogen (secondary N) is 1. The van der Waals surface area contributed by atoms with Gasteiger partial charge in [-0.05, 0) is 43.2 Å². The van der Waals surface area contributed by atoms with Gasteiger partial charge in [0.05, 0.1) is 19.4 Å². The van der Waals surface area contributed by atoms with Crippen LogP contribution in [0.15, 0.2) is 48.9 Å². The molecule has 1 saturated heterocycles. The number of H-pyrrole nitrogens is 1. The second kappa shape index (κ2) is 7.98. The maximum atomic E-state index is 10.8. The van der Waals surface area contributed by atoms with E-state index < -0.39 is 6.10 Å². The zero-order valence-corrected chi connectivity index (χ0v) is 15.5. The molecule has 0 radical (unpaired) electrons. The molecule has 0 spiro atoms. The van der Waals surface area contributed by atoms with Crippen LogP contribution in [0.4, 0.5) is 0 Å². The first-order chi connectivity index (χ1) is 13.2. The Bertz CT molecular complexity index is 873. The van der Waals surface area contributed by atoms with E-state index in [4.69, 9.17) is 9.47 Å². The van der Waals surface area contributed by atoms with Crippen molar-refractivity contribution < 1.29 is 14.6 Å². The molecular weight excluding hydrogens is 342 g/mol. The normalized spacial score (nSPS) is 17.1. The number of fused-ring (bicyclic) bond motifs is 1. The van der Waals surface area contributed by atoms with Gasteiger partial charge in [0.15, 0.2) is 0 Å². The number of aromatic amines is 1. The quantitative estimate of drug-likeness (QED) is 0.700. The van der Waals surface area contributed by atoms with Gasteiger partial charge in [-0.1, -0.05) is 0 Å². The number of aliphatic hydroxyl groups is 1. The van der Waals surface area contributed by atoms with Gasteiger partial charge >= 0.3 is 0 Å². The molecule has 3 heterocycles. The first kappa shape index (κ1) is 17.8. The zero-order chi connectivity index (χ0) is 18.6. The van der Waals surface area contributed by atoms with E-state index in [1.165, 1.54) is 0 Å². The summed E-state index contributed by atoms with van der Waals surface area (Å²) in [6, 6.07) is 9.69. The Morgan fingerprint density at radius 2 is 2.11 bits per heavy atom. The highest BCUT2D eigenvalue weighted by Crippen LogP contribution is 2.29. The molecule has 0 aliphatic carbocycles. The van der Waals surface area contributed by atoms with Crippen LogP contribution in [0, 0.1) is 0 Å². The molecule has 0 unspecified atom stereocenters. The Balaban J connectivity index is 1.35. The van der Waals surface area contributed by atoms with Crippen molar-refractivity contribution in [2.75, 3.05) is 26.7 Å². The van der Waals surface area contributed by atoms with Crippen molar-refractivity contribution in [3.63, 3.8) is 0 Å². The molecule has 27 heavy (non-hydrogen) atoms. The van der Waals surface area contributed by atoms with E-state index in [0.29, 0.717) is 6.54 Å². The highest BCUT2D eigenvalue weighted by Gasteiger charge is 2.24. The van der Waals surface area contributed by atoms with E-state index in [1.807, 2.05) is 36.5 Å². The molecule has 142 valence electrons. The van der Waals surface area contributed by atoms with Gasteiger partial charge in [-0.25, -0.2) is 0 Å². The maximum absolute atomic E-state index is 10.8. The number of likely N-dealkylation sites (tertiary alicyclic amines) is 1. The molecular formula is C21H25N3O3. The molecule has 0 saturated carbocycles. The molecule has 3 aromatic rings. The van der Waals surface area contributed by atoms with Gasteiger partial charge in [0.1, 0.15) is 17.6 Å². The first-order valence-corrected chi connectivity index (χ1v) is 9.35. The van der Waals surface area contributed by atoms with E-state index in [2.05, 4.69) is 14.9 Å². The predicted molar refractivity (Wildman–Crippen MR) is 104 cm³/mol. The minimum Gasteiger partial charge on any atom is -0.497 e. The highest BCUT2D eigenvalue weighted by atomic mass is 16.5. The van der Waals surface area contributed by atoms with Crippen LogP contribution >= 0.6 is 0 Å². The number of methoxy groups -OCH3 is 1. The van der Waals surface area contributed by atoms with Gasteiger partial charge in [-0.3, -0.25) is 4.98 Å². The summed E-state index contributed by atoms with van der Waals surface area (Å²) in [5, 5.41) is 11.8. The number of piperidine rings is 1. The van der Waals surface area contributed by atoms with E-state index in [-0.39, 0.29) is 6.10 Å². The molecule has 1 aliphatic rings. The molecule has 1 atom stereocenters. The van der Waals surface area contributed by atoms with Crippen LogP contribution in [-0.4, -0.2) is 52.8 Å². The number of β-amino-alcohol motifs (C(OH)–C–C–N with tert-alkyl or cyclic N) is 1. The van der Waals surface area contributed by atoms with Gasteiger partial charge in [0.25, 0.3) is 0 Å². The number of rotatable bonds is 6. The molecule has 4 rings (SSSR count). The van der Waals surface area contributed by atoms with Crippen molar-refractivity contribution in [2.24, 2.45) is 0 Å². The lowest BCUT2D eigenvalue weighted by Gasteiger charge is -2.33. The van der Waals surface area contributed by atoms with E-state index in [0.717, 1.165) is 53.9 Å². The summed E-state index contributed by atoms with van der Waals surface area (Å²) in [7, 11) is 1.65. The predicted octanol–water partition coefficient (Wildman–Crippen LogP) is 3.15. The smallest absolute Gasteiger partial charge is 0.137 e. The van der Waals surface area contributed by atoms with Crippen LogP contribution in [0.5, 0.6) is 11.5 Å². The molecule has 2 aromatic heterocycles. The number of nitrogens with zero attached hydrogens (tertiary/aromatic N) is 2. The summed E-state index contributed by atoms with van der Waals surface area (Å²) in [5.74, 6) is 1.62. The van der Waals surface area contributed by atoms with Crippen molar-refractivity contribution in [3.05, 3.63) is 54.5 Å². The van der Waals surface area contributed by atoms with Crippen LogP contribution in [-0.2, 0) is 0 Å². The number of ether oxygens (including phenoxy) is 2. The number of pyridine rings is 1. The molecule has 1 fully saturated rings. The number of aliphatic hydroxyl groups excluding tert-OH is 1. The van der Waals surface area contributed by atoms with Gasteiger partial charge in [0, 0.05) is 48.5 Å². The van der Waals surface area contributed by atoms with Crippen molar-refractivity contribution in [2.45, 2.75) is 25.0 Å². The summed E-state index contributed by atoms with van der Waals surface area (Å²) in [5.41, 5.74) is 1.92. The highest BCUT2D eigenvalue weighted by molar-refractivity contribution is 5.85. The lowest BCUT2D eigenvalue weighted by atomic mass is 10.0. The van der Waals surface area contributed by atoms with Crippen LogP contribution in [0.1, 0.15) is 24.5 Å². The minimum absolute atomic E-state index is 0.208. The number of hydrogen-bond donors (Lipinski definition) is 2. The van der Waals surface area contributed by atoms with Crippen molar-refractivity contribution in [1.82, 2.24) is 14.9 Å². The Hall–Kier alpha value is -2.57. The van der Waals surface area contributed by atoms with Crippen molar-refractivity contribution in [1.29, 1.82) is 0 Å². The van der Waals surface area contributed by atoms with Gasteiger partial charge in [0.2, 0.25) is 0 Å². The average molecular weight is 367 g/mol. The van der Waals surface area contributed by atoms with Crippen LogP contribution in [0.2, 0.25) is 0 Å². The number of benzene rings is 1. The second-order valence-electron chi connectivity index (χ2n) is 6.98. The summed E-state index contributed by atoms with van der Waals surface area (Å²) >= 11 is 0.